The quantitative estimate of drug-likeness (QED) is 0.876. The molecule has 5 heteroatoms. The highest BCUT2D eigenvalue weighted by Gasteiger charge is 2.34. The van der Waals surface area contributed by atoms with Crippen molar-refractivity contribution in [1.29, 1.82) is 0 Å². The van der Waals surface area contributed by atoms with Gasteiger partial charge in [-0.3, -0.25) is 19.3 Å². The van der Waals surface area contributed by atoms with Gasteiger partial charge in [-0.15, -0.1) is 0 Å². The number of benzene rings is 2. The largest absolute Gasteiger partial charge is 0.347 e. The van der Waals surface area contributed by atoms with Crippen molar-refractivity contribution >= 4 is 17.7 Å². The second-order valence-corrected chi connectivity index (χ2v) is 7.14. The van der Waals surface area contributed by atoms with Gasteiger partial charge >= 0.3 is 0 Å². The van der Waals surface area contributed by atoms with E-state index >= 15 is 0 Å². The molecule has 5 nitrogen and oxygen atoms in total. The molecule has 3 amide bonds. The Morgan fingerprint density at radius 1 is 0.920 bits per heavy atom. The number of carbonyl (C=O) groups excluding carboxylic acids is 3. The molecular weight excluding hydrogens is 316 g/mol. The van der Waals surface area contributed by atoms with Crippen molar-refractivity contribution < 1.29 is 14.4 Å². The molecule has 0 unspecified atom stereocenters. The van der Waals surface area contributed by atoms with Crippen molar-refractivity contribution in [3.8, 4) is 0 Å². The van der Waals surface area contributed by atoms with Crippen LogP contribution in [0.25, 0.3) is 0 Å². The molecule has 1 aliphatic rings. The first-order chi connectivity index (χ1) is 11.8. The Bertz CT molecular complexity index is 813. The number of carbonyl (C=O) groups is 3. The highest BCUT2D eigenvalue weighted by atomic mass is 16.2. The lowest BCUT2D eigenvalue weighted by molar-refractivity contribution is 0.0641. The first-order valence-corrected chi connectivity index (χ1v) is 8.13. The normalized spacial score (nSPS) is 13.8. The van der Waals surface area contributed by atoms with Gasteiger partial charge in [0.25, 0.3) is 17.7 Å². The first-order valence-electron chi connectivity index (χ1n) is 8.13. The van der Waals surface area contributed by atoms with E-state index in [1.165, 1.54) is 4.90 Å². The molecule has 3 rings (SSSR count). The molecule has 0 aromatic heterocycles. The third kappa shape index (κ3) is 3.45. The monoisotopic (exact) mass is 336 g/mol. The van der Waals surface area contributed by atoms with Crippen molar-refractivity contribution in [2.24, 2.45) is 0 Å². The van der Waals surface area contributed by atoms with Crippen LogP contribution in [0.15, 0.2) is 48.5 Å². The minimum Gasteiger partial charge on any atom is -0.347 e. The number of imide groups is 1. The molecule has 0 radical (unpaired) electrons. The van der Waals surface area contributed by atoms with Crippen molar-refractivity contribution in [3.05, 3.63) is 70.8 Å². The molecule has 0 bridgehead atoms. The van der Waals surface area contributed by atoms with Crippen molar-refractivity contribution in [2.45, 2.75) is 32.9 Å². The summed E-state index contributed by atoms with van der Waals surface area (Å²) < 4.78 is 0. The first kappa shape index (κ1) is 16.9. The number of nitrogens with zero attached hydrogens (tertiary/aromatic N) is 1. The molecule has 128 valence electrons. The fraction of sp³-hybridized carbons (Fsp3) is 0.250. The van der Waals surface area contributed by atoms with E-state index in [4.69, 9.17) is 0 Å². The minimum absolute atomic E-state index is 0.153. The van der Waals surface area contributed by atoms with Crippen LogP contribution < -0.4 is 5.32 Å². The maximum absolute atomic E-state index is 12.4. The van der Waals surface area contributed by atoms with Gasteiger partial charge in [0.1, 0.15) is 0 Å². The number of fused-ring (bicyclic) bond motifs is 1. The van der Waals surface area contributed by atoms with E-state index in [0.29, 0.717) is 16.7 Å². The molecule has 1 heterocycles. The van der Waals surface area contributed by atoms with Crippen LogP contribution in [-0.4, -0.2) is 28.2 Å². The maximum Gasteiger partial charge on any atom is 0.261 e. The summed E-state index contributed by atoms with van der Waals surface area (Å²) in [7, 11) is 0. The number of hydrogen-bond donors (Lipinski definition) is 1. The van der Waals surface area contributed by atoms with Crippen LogP contribution in [-0.2, 0) is 6.54 Å². The van der Waals surface area contributed by atoms with Crippen LogP contribution in [0.2, 0.25) is 0 Å². The van der Waals surface area contributed by atoms with Gasteiger partial charge in [0, 0.05) is 11.1 Å². The number of hydrogen-bond acceptors (Lipinski definition) is 3. The zero-order valence-corrected chi connectivity index (χ0v) is 14.5. The molecule has 1 aliphatic heterocycles. The van der Waals surface area contributed by atoms with Crippen molar-refractivity contribution in [1.82, 2.24) is 10.2 Å². The Morgan fingerprint density at radius 3 is 1.92 bits per heavy atom. The van der Waals surface area contributed by atoms with Gasteiger partial charge in [0.2, 0.25) is 0 Å². The molecule has 0 saturated carbocycles. The maximum atomic E-state index is 12.4. The summed E-state index contributed by atoms with van der Waals surface area (Å²) in [5.41, 5.74) is 1.90. The Labute approximate surface area is 146 Å². The lowest BCUT2D eigenvalue weighted by Crippen LogP contribution is -2.40. The third-order valence-corrected chi connectivity index (χ3v) is 3.92. The Kier molecular flexibility index (Phi) is 4.17. The van der Waals surface area contributed by atoms with Crippen LogP contribution in [0.3, 0.4) is 0 Å². The number of amides is 3. The molecule has 0 spiro atoms. The van der Waals surface area contributed by atoms with Crippen LogP contribution in [0.1, 0.15) is 57.4 Å². The Hall–Kier alpha value is -2.95. The van der Waals surface area contributed by atoms with Crippen LogP contribution in [0.4, 0.5) is 0 Å². The van der Waals surface area contributed by atoms with Gasteiger partial charge in [0.15, 0.2) is 0 Å². The predicted octanol–water partition coefficient (Wildman–Crippen LogP) is 3.01. The summed E-state index contributed by atoms with van der Waals surface area (Å²) in [6.45, 7) is 5.94. The molecule has 0 aliphatic carbocycles. The smallest absolute Gasteiger partial charge is 0.261 e. The van der Waals surface area contributed by atoms with Crippen LogP contribution >= 0.6 is 0 Å². The second-order valence-electron chi connectivity index (χ2n) is 7.14. The van der Waals surface area contributed by atoms with Gasteiger partial charge in [-0.25, -0.2) is 0 Å². The average Bonchev–Trinajstić information content (AvgIpc) is 2.79. The topological polar surface area (TPSA) is 66.5 Å². The van der Waals surface area contributed by atoms with E-state index in [1.807, 2.05) is 20.8 Å². The second kappa shape index (κ2) is 6.16. The summed E-state index contributed by atoms with van der Waals surface area (Å²) in [5.74, 6) is -0.718. The fourth-order valence-electron chi connectivity index (χ4n) is 2.74. The van der Waals surface area contributed by atoms with Crippen molar-refractivity contribution in [2.75, 3.05) is 0 Å². The molecule has 25 heavy (non-hydrogen) atoms. The zero-order chi connectivity index (χ0) is 18.2. The Morgan fingerprint density at radius 2 is 1.44 bits per heavy atom. The van der Waals surface area contributed by atoms with Gasteiger partial charge in [-0.2, -0.15) is 0 Å². The van der Waals surface area contributed by atoms with Gasteiger partial charge in [-0.05, 0) is 50.6 Å². The molecule has 2 aromatic carbocycles. The van der Waals surface area contributed by atoms with E-state index in [2.05, 4.69) is 5.32 Å². The summed E-state index contributed by atoms with van der Waals surface area (Å²) >= 11 is 0. The molecule has 0 saturated heterocycles. The van der Waals surface area contributed by atoms with E-state index in [9.17, 15) is 14.4 Å². The lowest BCUT2D eigenvalue weighted by atomic mass is 10.1. The van der Waals surface area contributed by atoms with Gasteiger partial charge in [-0.1, -0.05) is 24.3 Å². The SMILES string of the molecule is CC(C)(C)NC(=O)c1ccc(CN2C(=O)c3ccccc3C2=O)cc1. The van der Waals surface area contributed by atoms with Gasteiger partial charge < -0.3 is 5.32 Å². The number of rotatable bonds is 3. The van der Waals surface area contributed by atoms with E-state index in [0.717, 1.165) is 5.56 Å². The third-order valence-electron chi connectivity index (χ3n) is 3.92. The molecular formula is C20H20N2O3. The van der Waals surface area contributed by atoms with Crippen molar-refractivity contribution in [3.63, 3.8) is 0 Å². The van der Waals surface area contributed by atoms with E-state index < -0.39 is 0 Å². The highest BCUT2D eigenvalue weighted by molar-refractivity contribution is 6.21. The Balaban J connectivity index is 1.74. The fourth-order valence-corrected chi connectivity index (χ4v) is 2.74. The zero-order valence-electron chi connectivity index (χ0n) is 14.5. The molecule has 1 N–H and O–H groups in total. The molecule has 2 aromatic rings. The average molecular weight is 336 g/mol. The number of nitrogens with one attached hydrogen (secondary N) is 1. The van der Waals surface area contributed by atoms with Crippen LogP contribution in [0, 0.1) is 0 Å². The summed E-state index contributed by atoms with van der Waals surface area (Å²) in [6.07, 6.45) is 0. The lowest BCUT2D eigenvalue weighted by Gasteiger charge is -2.20. The standard InChI is InChI=1S/C20H20N2O3/c1-20(2,3)21-17(23)14-10-8-13(9-11-14)12-22-18(24)15-6-4-5-7-16(15)19(22)25/h4-11H,12H2,1-3H3,(H,21,23). The highest BCUT2D eigenvalue weighted by Crippen LogP contribution is 2.24. The van der Waals surface area contributed by atoms with E-state index in [1.54, 1.807) is 48.5 Å². The summed E-state index contributed by atoms with van der Waals surface area (Å²) in [6, 6.07) is 13.8. The predicted molar refractivity (Wildman–Crippen MR) is 94.3 cm³/mol. The van der Waals surface area contributed by atoms with Crippen LogP contribution in [0.5, 0.6) is 0 Å². The summed E-state index contributed by atoms with van der Waals surface area (Å²) in [5, 5.41) is 2.90. The van der Waals surface area contributed by atoms with Gasteiger partial charge in [0.05, 0.1) is 17.7 Å². The molecule has 0 atom stereocenters. The summed E-state index contributed by atoms with van der Waals surface area (Å²) in [4.78, 5) is 38.1. The molecule has 0 fully saturated rings. The van der Waals surface area contributed by atoms with E-state index in [-0.39, 0.29) is 29.8 Å². The minimum atomic E-state index is -0.310.